The minimum atomic E-state index is -1.04. The monoisotopic (exact) mass is 182 g/mol. The van der Waals surface area contributed by atoms with Crippen molar-refractivity contribution in [1.82, 2.24) is 0 Å². The van der Waals surface area contributed by atoms with Gasteiger partial charge in [0, 0.05) is 0 Å². The van der Waals surface area contributed by atoms with Gasteiger partial charge >= 0.3 is 5.97 Å². The number of rotatable bonds is 3. The van der Waals surface area contributed by atoms with Crippen molar-refractivity contribution in [2.45, 2.75) is 19.8 Å². The number of hydrogen-bond donors (Lipinski definition) is 1. The molecule has 0 aromatic rings. The molecule has 0 amide bonds. The molecule has 0 aliphatic rings. The second-order valence-electron chi connectivity index (χ2n) is 1.79. The molecule has 0 fully saturated rings. The minimum Gasteiger partial charge on any atom is -0.478 e. The van der Waals surface area contributed by atoms with Crippen LogP contribution in [-0.4, -0.2) is 11.1 Å². The maximum atomic E-state index is 10.3. The van der Waals surface area contributed by atoms with E-state index in [9.17, 15) is 4.79 Å². The Morgan fingerprint density at radius 3 is 2.10 bits per heavy atom. The summed E-state index contributed by atoms with van der Waals surface area (Å²) in [6.45, 7) is 1.86. The molecule has 0 saturated heterocycles. The number of halogens is 2. The van der Waals surface area contributed by atoms with Crippen molar-refractivity contribution in [1.29, 1.82) is 0 Å². The normalized spacial score (nSPS) is 9.10. The van der Waals surface area contributed by atoms with E-state index in [1.54, 1.807) is 0 Å². The molecule has 0 heterocycles. The van der Waals surface area contributed by atoms with Crippen molar-refractivity contribution < 1.29 is 9.90 Å². The second kappa shape index (κ2) is 4.58. The first-order valence-electron chi connectivity index (χ1n) is 2.87. The molecule has 0 saturated carbocycles. The summed E-state index contributed by atoms with van der Waals surface area (Å²) in [7, 11) is 0. The Kier molecular flexibility index (Phi) is 4.49. The van der Waals surface area contributed by atoms with E-state index < -0.39 is 5.97 Å². The lowest BCUT2D eigenvalue weighted by Crippen LogP contribution is -2.00. The van der Waals surface area contributed by atoms with E-state index in [4.69, 9.17) is 28.3 Å². The lowest BCUT2D eigenvalue weighted by molar-refractivity contribution is -0.132. The summed E-state index contributed by atoms with van der Waals surface area (Å²) >= 11 is 10.6. The summed E-state index contributed by atoms with van der Waals surface area (Å²) in [4.78, 5) is 10.3. The highest BCUT2D eigenvalue weighted by Crippen LogP contribution is 2.18. The van der Waals surface area contributed by atoms with Crippen LogP contribution in [0.3, 0.4) is 0 Å². The van der Waals surface area contributed by atoms with Gasteiger partial charge < -0.3 is 5.11 Å². The fraction of sp³-hybridized carbons (Fsp3) is 0.500. The molecule has 0 aliphatic heterocycles. The van der Waals surface area contributed by atoms with Gasteiger partial charge in [0.2, 0.25) is 0 Å². The van der Waals surface area contributed by atoms with Gasteiger partial charge in [0.1, 0.15) is 4.49 Å². The molecular weight excluding hydrogens is 175 g/mol. The molecule has 0 unspecified atom stereocenters. The molecule has 0 radical (unpaired) electrons. The number of hydrogen-bond acceptors (Lipinski definition) is 1. The standard InChI is InChI=1S/C6H8Cl2O2/c1-2-3-4(5(7)8)6(9)10/h2-3H2,1H3,(H,9,10). The zero-order valence-corrected chi connectivity index (χ0v) is 7.04. The van der Waals surface area contributed by atoms with E-state index in [1.807, 2.05) is 6.92 Å². The van der Waals surface area contributed by atoms with E-state index in [0.29, 0.717) is 6.42 Å². The molecule has 0 atom stereocenters. The molecule has 0 aromatic heterocycles. The lowest BCUT2D eigenvalue weighted by Gasteiger charge is -1.97. The van der Waals surface area contributed by atoms with E-state index in [1.165, 1.54) is 0 Å². The molecular formula is C6H8Cl2O2. The Labute approximate surface area is 69.4 Å². The molecule has 0 aromatic carbocycles. The molecule has 0 aliphatic carbocycles. The van der Waals surface area contributed by atoms with Crippen LogP contribution < -0.4 is 0 Å². The van der Waals surface area contributed by atoms with Crippen LogP contribution in [0.1, 0.15) is 19.8 Å². The van der Waals surface area contributed by atoms with Crippen molar-refractivity contribution >= 4 is 29.2 Å². The van der Waals surface area contributed by atoms with Gasteiger partial charge in [-0.05, 0) is 6.42 Å². The van der Waals surface area contributed by atoms with E-state index in [0.717, 1.165) is 6.42 Å². The highest BCUT2D eigenvalue weighted by atomic mass is 35.5. The van der Waals surface area contributed by atoms with Crippen molar-refractivity contribution in [3.8, 4) is 0 Å². The molecule has 0 rings (SSSR count). The van der Waals surface area contributed by atoms with Crippen molar-refractivity contribution in [3.63, 3.8) is 0 Å². The quantitative estimate of drug-likeness (QED) is 0.682. The Morgan fingerprint density at radius 2 is 2.00 bits per heavy atom. The van der Waals surface area contributed by atoms with Crippen LogP contribution in [0.5, 0.6) is 0 Å². The van der Waals surface area contributed by atoms with Crippen LogP contribution in [0.4, 0.5) is 0 Å². The van der Waals surface area contributed by atoms with Gasteiger partial charge in [0.15, 0.2) is 0 Å². The summed E-state index contributed by atoms with van der Waals surface area (Å²) < 4.78 is -0.144. The first-order chi connectivity index (χ1) is 4.59. The van der Waals surface area contributed by atoms with E-state index >= 15 is 0 Å². The third kappa shape index (κ3) is 3.08. The third-order valence-corrected chi connectivity index (χ3v) is 1.44. The Bertz CT molecular complexity index is 159. The minimum absolute atomic E-state index is 0.0887. The molecule has 58 valence electrons. The first-order valence-corrected chi connectivity index (χ1v) is 3.62. The number of carboxylic acids is 1. The van der Waals surface area contributed by atoms with Gasteiger partial charge in [-0.2, -0.15) is 0 Å². The molecule has 2 nitrogen and oxygen atoms in total. The molecule has 1 N–H and O–H groups in total. The molecule has 0 bridgehead atoms. The second-order valence-corrected chi connectivity index (χ2v) is 2.74. The average Bonchev–Trinajstić information content (AvgIpc) is 1.81. The predicted molar refractivity (Wildman–Crippen MR) is 41.3 cm³/mol. The Morgan fingerprint density at radius 1 is 1.50 bits per heavy atom. The van der Waals surface area contributed by atoms with Crippen molar-refractivity contribution in [3.05, 3.63) is 10.1 Å². The Balaban J connectivity index is 4.28. The largest absolute Gasteiger partial charge is 0.478 e. The van der Waals surface area contributed by atoms with Crippen LogP contribution in [0.15, 0.2) is 10.1 Å². The highest BCUT2D eigenvalue weighted by Gasteiger charge is 2.09. The van der Waals surface area contributed by atoms with Crippen molar-refractivity contribution in [2.24, 2.45) is 0 Å². The maximum Gasteiger partial charge on any atom is 0.333 e. The van der Waals surface area contributed by atoms with E-state index in [2.05, 4.69) is 0 Å². The van der Waals surface area contributed by atoms with Gasteiger partial charge in [-0.1, -0.05) is 36.5 Å². The van der Waals surface area contributed by atoms with Gasteiger partial charge in [0.05, 0.1) is 5.57 Å². The predicted octanol–water partition coefficient (Wildman–Crippen LogP) is 2.56. The first kappa shape index (κ1) is 9.79. The van der Waals surface area contributed by atoms with Crippen LogP contribution >= 0.6 is 23.2 Å². The molecule has 4 heteroatoms. The topological polar surface area (TPSA) is 37.3 Å². The summed E-state index contributed by atoms with van der Waals surface area (Å²) in [6.07, 6.45) is 1.14. The maximum absolute atomic E-state index is 10.3. The lowest BCUT2D eigenvalue weighted by atomic mass is 10.2. The van der Waals surface area contributed by atoms with Crippen LogP contribution in [0, 0.1) is 0 Å². The van der Waals surface area contributed by atoms with Crippen LogP contribution in [-0.2, 0) is 4.79 Å². The number of carboxylic acid groups (broad SMARTS) is 1. The average molecular weight is 183 g/mol. The summed E-state index contributed by atoms with van der Waals surface area (Å²) in [5.41, 5.74) is 0.0887. The number of aliphatic carboxylic acids is 1. The zero-order chi connectivity index (χ0) is 8.15. The van der Waals surface area contributed by atoms with Crippen LogP contribution in [0.25, 0.3) is 0 Å². The fourth-order valence-corrected chi connectivity index (χ4v) is 0.883. The summed E-state index contributed by atoms with van der Waals surface area (Å²) in [5.74, 6) is -1.04. The SMILES string of the molecule is CCCC(C(=O)O)=C(Cl)Cl. The van der Waals surface area contributed by atoms with Gasteiger partial charge in [-0.3, -0.25) is 0 Å². The van der Waals surface area contributed by atoms with Gasteiger partial charge in [0.25, 0.3) is 0 Å². The molecule has 10 heavy (non-hydrogen) atoms. The van der Waals surface area contributed by atoms with Gasteiger partial charge in [-0.15, -0.1) is 0 Å². The zero-order valence-electron chi connectivity index (χ0n) is 5.53. The summed E-state index contributed by atoms with van der Waals surface area (Å²) in [5, 5.41) is 8.45. The fourth-order valence-electron chi connectivity index (χ4n) is 0.532. The number of carbonyl (C=O) groups is 1. The van der Waals surface area contributed by atoms with Crippen LogP contribution in [0.2, 0.25) is 0 Å². The van der Waals surface area contributed by atoms with Gasteiger partial charge in [-0.25, -0.2) is 4.79 Å². The van der Waals surface area contributed by atoms with Crippen molar-refractivity contribution in [2.75, 3.05) is 0 Å². The highest BCUT2D eigenvalue weighted by molar-refractivity contribution is 6.57. The molecule has 0 spiro atoms. The summed E-state index contributed by atoms with van der Waals surface area (Å²) in [6, 6.07) is 0. The third-order valence-electron chi connectivity index (χ3n) is 0.986. The van der Waals surface area contributed by atoms with E-state index in [-0.39, 0.29) is 10.1 Å². The smallest absolute Gasteiger partial charge is 0.333 e. The Hall–Kier alpha value is -0.210.